The first-order valence-corrected chi connectivity index (χ1v) is 11.5. The van der Waals surface area contributed by atoms with E-state index >= 15 is 0 Å². The number of allylic oxidation sites excluding steroid dienone is 2. The van der Waals surface area contributed by atoms with Crippen molar-refractivity contribution in [2.24, 2.45) is 11.8 Å². The van der Waals surface area contributed by atoms with Crippen molar-refractivity contribution in [1.29, 1.82) is 0 Å². The quantitative estimate of drug-likeness (QED) is 0.371. The van der Waals surface area contributed by atoms with Crippen LogP contribution in [0.15, 0.2) is 59.5 Å². The first-order chi connectivity index (χ1) is 15.2. The lowest BCUT2D eigenvalue weighted by Crippen LogP contribution is -2.34. The van der Waals surface area contributed by atoms with E-state index in [-0.39, 0.29) is 17.1 Å². The number of carboxylic acid groups (broad SMARTS) is 1. The molecule has 0 aromatic heterocycles. The Bertz CT molecular complexity index is 1040. The van der Waals surface area contributed by atoms with Gasteiger partial charge in [0.15, 0.2) is 0 Å². The number of amides is 2. The second kappa shape index (κ2) is 10.7. The van der Waals surface area contributed by atoms with E-state index in [0.29, 0.717) is 29.2 Å². The Hall–Kier alpha value is -2.77. The molecule has 32 heavy (non-hydrogen) atoms. The van der Waals surface area contributed by atoms with E-state index in [1.165, 1.54) is 11.8 Å². The summed E-state index contributed by atoms with van der Waals surface area (Å²) in [4.78, 5) is 37.4. The molecule has 0 radical (unpaired) electrons. The third kappa shape index (κ3) is 6.14. The fraction of sp³-hybridized carbons (Fsp3) is 0.292. The summed E-state index contributed by atoms with van der Waals surface area (Å²) in [7, 11) is 0. The minimum atomic E-state index is -0.957. The maximum atomic E-state index is 12.6. The Kier molecular flexibility index (Phi) is 7.99. The highest BCUT2D eigenvalue weighted by Crippen LogP contribution is 2.29. The number of rotatable bonds is 7. The average Bonchev–Trinajstić information content (AvgIpc) is 2.77. The molecule has 0 unspecified atom stereocenters. The number of carbonyl (C=O) groups is 3. The minimum absolute atomic E-state index is 0.136. The summed E-state index contributed by atoms with van der Waals surface area (Å²) in [6.45, 7) is 3.72. The highest BCUT2D eigenvalue weighted by molar-refractivity contribution is 8.00. The van der Waals surface area contributed by atoms with Crippen molar-refractivity contribution in [3.63, 3.8) is 0 Å². The van der Waals surface area contributed by atoms with E-state index in [1.54, 1.807) is 30.3 Å². The number of hydrogen-bond donors (Lipinski definition) is 3. The number of carbonyl (C=O) groups excluding carboxylic acids is 2. The molecule has 3 rings (SSSR count). The largest absolute Gasteiger partial charge is 0.481 e. The zero-order chi connectivity index (χ0) is 23.3. The van der Waals surface area contributed by atoms with Gasteiger partial charge in [-0.2, -0.15) is 0 Å². The van der Waals surface area contributed by atoms with Crippen LogP contribution >= 0.6 is 23.4 Å². The van der Waals surface area contributed by atoms with Gasteiger partial charge in [0.05, 0.1) is 17.1 Å². The SMILES string of the molecule is Cc1ccc(Cl)cc1NC(=O)[C@H](C)Sc1ccc(NC(=O)[C@H]2CC=CC[C@@H]2C(=O)O)cc1. The molecule has 6 nitrogen and oxygen atoms in total. The third-order valence-corrected chi connectivity index (χ3v) is 6.69. The van der Waals surface area contributed by atoms with Crippen LogP contribution in [0.2, 0.25) is 5.02 Å². The van der Waals surface area contributed by atoms with Crippen molar-refractivity contribution >= 4 is 52.5 Å². The first kappa shape index (κ1) is 23.9. The van der Waals surface area contributed by atoms with Crippen LogP contribution in [-0.4, -0.2) is 28.1 Å². The number of thioether (sulfide) groups is 1. The smallest absolute Gasteiger partial charge is 0.307 e. The molecule has 0 spiro atoms. The summed E-state index contributed by atoms with van der Waals surface area (Å²) in [5, 5.41) is 15.3. The summed E-state index contributed by atoms with van der Waals surface area (Å²) < 4.78 is 0. The number of hydrogen-bond acceptors (Lipinski definition) is 4. The monoisotopic (exact) mass is 472 g/mol. The Morgan fingerprint density at radius 2 is 1.69 bits per heavy atom. The number of nitrogens with one attached hydrogen (secondary N) is 2. The maximum absolute atomic E-state index is 12.6. The van der Waals surface area contributed by atoms with E-state index in [0.717, 1.165) is 10.5 Å². The summed E-state index contributed by atoms with van der Waals surface area (Å²) in [6.07, 6.45) is 4.42. The normalized spacial score (nSPS) is 18.6. The predicted octanol–water partition coefficient (Wildman–Crippen LogP) is 5.37. The molecule has 0 bridgehead atoms. The highest BCUT2D eigenvalue weighted by Gasteiger charge is 2.33. The van der Waals surface area contributed by atoms with Crippen LogP contribution in [0, 0.1) is 18.8 Å². The number of anilines is 2. The van der Waals surface area contributed by atoms with Gasteiger partial charge in [-0.05, 0) is 68.7 Å². The van der Waals surface area contributed by atoms with Crippen molar-refractivity contribution in [2.45, 2.75) is 36.8 Å². The molecule has 8 heteroatoms. The molecule has 2 aromatic rings. The molecule has 0 heterocycles. The molecule has 0 saturated carbocycles. The zero-order valence-corrected chi connectivity index (χ0v) is 19.4. The van der Waals surface area contributed by atoms with Gasteiger partial charge in [0.25, 0.3) is 0 Å². The number of benzene rings is 2. The molecule has 1 aliphatic carbocycles. The Balaban J connectivity index is 1.57. The molecule has 168 valence electrons. The van der Waals surface area contributed by atoms with Crippen LogP contribution < -0.4 is 10.6 Å². The van der Waals surface area contributed by atoms with Crippen molar-refractivity contribution in [3.8, 4) is 0 Å². The van der Waals surface area contributed by atoms with E-state index in [9.17, 15) is 19.5 Å². The van der Waals surface area contributed by atoms with Crippen molar-refractivity contribution < 1.29 is 19.5 Å². The highest BCUT2D eigenvalue weighted by atomic mass is 35.5. The second-order valence-electron chi connectivity index (χ2n) is 7.72. The van der Waals surface area contributed by atoms with Crippen LogP contribution in [0.1, 0.15) is 25.3 Å². The Morgan fingerprint density at radius 3 is 2.34 bits per heavy atom. The molecule has 2 amide bonds. The lowest BCUT2D eigenvalue weighted by atomic mass is 9.82. The van der Waals surface area contributed by atoms with Crippen molar-refractivity contribution in [2.75, 3.05) is 10.6 Å². The summed E-state index contributed by atoms with van der Waals surface area (Å²) in [5.41, 5.74) is 2.20. The Morgan fingerprint density at radius 1 is 1.03 bits per heavy atom. The number of carboxylic acids is 1. The third-order valence-electron chi connectivity index (χ3n) is 5.35. The van der Waals surface area contributed by atoms with Crippen molar-refractivity contribution in [1.82, 2.24) is 0 Å². The van der Waals surface area contributed by atoms with Gasteiger partial charge in [-0.25, -0.2) is 0 Å². The fourth-order valence-corrected chi connectivity index (χ4v) is 4.49. The predicted molar refractivity (Wildman–Crippen MR) is 128 cm³/mol. The molecule has 3 atom stereocenters. The number of aliphatic carboxylic acids is 1. The standard InChI is InChI=1S/C24H25ClN2O4S/c1-14-7-8-16(25)13-21(14)27-22(28)15(2)32-18-11-9-17(10-12-18)26-23(29)19-5-3-4-6-20(19)24(30)31/h3-4,7-13,15,19-20H,5-6H2,1-2H3,(H,26,29)(H,27,28)(H,30,31)/t15-,19-,20-/m0/s1. The van der Waals surface area contributed by atoms with Gasteiger partial charge >= 0.3 is 5.97 Å². The van der Waals surface area contributed by atoms with Gasteiger partial charge in [0, 0.05) is 21.3 Å². The molecular formula is C24H25ClN2O4S. The number of halogens is 1. The lowest BCUT2D eigenvalue weighted by Gasteiger charge is -2.24. The van der Waals surface area contributed by atoms with Crippen LogP contribution in [0.25, 0.3) is 0 Å². The molecule has 2 aromatic carbocycles. The zero-order valence-electron chi connectivity index (χ0n) is 17.8. The first-order valence-electron chi connectivity index (χ1n) is 10.3. The molecule has 0 saturated heterocycles. The van der Waals surface area contributed by atoms with E-state index in [2.05, 4.69) is 10.6 Å². The van der Waals surface area contributed by atoms with Gasteiger partial charge in [0.1, 0.15) is 0 Å². The van der Waals surface area contributed by atoms with E-state index in [4.69, 9.17) is 11.6 Å². The van der Waals surface area contributed by atoms with Crippen LogP contribution in [0.3, 0.4) is 0 Å². The minimum Gasteiger partial charge on any atom is -0.481 e. The van der Waals surface area contributed by atoms with Gasteiger partial charge in [-0.3, -0.25) is 14.4 Å². The van der Waals surface area contributed by atoms with E-state index in [1.807, 2.05) is 38.1 Å². The number of aryl methyl sites for hydroxylation is 1. The van der Waals surface area contributed by atoms with Crippen LogP contribution in [-0.2, 0) is 14.4 Å². The van der Waals surface area contributed by atoms with Crippen LogP contribution in [0.5, 0.6) is 0 Å². The molecule has 1 aliphatic rings. The maximum Gasteiger partial charge on any atom is 0.307 e. The second-order valence-corrected chi connectivity index (χ2v) is 9.57. The molecule has 0 fully saturated rings. The lowest BCUT2D eigenvalue weighted by molar-refractivity contribution is -0.146. The molecule has 3 N–H and O–H groups in total. The fourth-order valence-electron chi connectivity index (χ4n) is 3.45. The Labute approximate surface area is 196 Å². The van der Waals surface area contributed by atoms with Gasteiger partial charge in [0.2, 0.25) is 11.8 Å². The van der Waals surface area contributed by atoms with Crippen LogP contribution in [0.4, 0.5) is 11.4 Å². The average molecular weight is 473 g/mol. The van der Waals surface area contributed by atoms with E-state index < -0.39 is 17.8 Å². The summed E-state index contributed by atoms with van der Waals surface area (Å²) in [6, 6.07) is 12.5. The topological polar surface area (TPSA) is 95.5 Å². The summed E-state index contributed by atoms with van der Waals surface area (Å²) in [5.74, 6) is -2.70. The van der Waals surface area contributed by atoms with Gasteiger partial charge in [-0.15, -0.1) is 11.8 Å². The molecular weight excluding hydrogens is 448 g/mol. The summed E-state index contributed by atoms with van der Waals surface area (Å²) >= 11 is 7.41. The van der Waals surface area contributed by atoms with Crippen molar-refractivity contribution in [3.05, 3.63) is 65.2 Å². The van der Waals surface area contributed by atoms with Gasteiger partial charge < -0.3 is 15.7 Å². The van der Waals surface area contributed by atoms with Gasteiger partial charge in [-0.1, -0.05) is 29.8 Å². The molecule has 0 aliphatic heterocycles.